The zero-order valence-electron chi connectivity index (χ0n) is 17.0. The third kappa shape index (κ3) is 7.16. The fourth-order valence-corrected chi connectivity index (χ4v) is 2.89. The maximum Gasteiger partial charge on any atom is 0.207 e. The lowest BCUT2D eigenvalue weighted by Gasteiger charge is -2.25. The van der Waals surface area contributed by atoms with Gasteiger partial charge in [-0.25, -0.2) is 0 Å². The van der Waals surface area contributed by atoms with Gasteiger partial charge in [-0.3, -0.25) is 20.9 Å². The van der Waals surface area contributed by atoms with Crippen molar-refractivity contribution in [1.82, 2.24) is 20.9 Å². The van der Waals surface area contributed by atoms with Crippen molar-refractivity contribution in [2.45, 2.75) is 6.42 Å². The summed E-state index contributed by atoms with van der Waals surface area (Å²) in [6, 6.07) is 18.8. The quantitative estimate of drug-likeness (QED) is 0.242. The zero-order chi connectivity index (χ0) is 22.6. The van der Waals surface area contributed by atoms with E-state index in [0.29, 0.717) is 9.98 Å². The van der Waals surface area contributed by atoms with Crippen molar-refractivity contribution in [3.63, 3.8) is 0 Å². The van der Waals surface area contributed by atoms with Crippen LogP contribution in [-0.2, 0) is 0 Å². The van der Waals surface area contributed by atoms with Crippen LogP contribution in [0.15, 0.2) is 70.6 Å². The number of thiocarbonyl (C=S) groups is 2. The first kappa shape index (κ1) is 23.4. The molecule has 0 heterocycles. The summed E-state index contributed by atoms with van der Waals surface area (Å²) in [4.78, 5) is 8.63. The van der Waals surface area contributed by atoms with Gasteiger partial charge < -0.3 is 0 Å². The van der Waals surface area contributed by atoms with Crippen molar-refractivity contribution in [3.8, 4) is 12.4 Å². The molecule has 2 aromatic carbocycles. The monoisotopic (exact) mass is 448 g/mol. The Kier molecular flexibility index (Phi) is 9.05. The van der Waals surface area contributed by atoms with Crippen LogP contribution in [0.25, 0.3) is 0 Å². The second-order valence-electron chi connectivity index (χ2n) is 6.18. The normalized spacial score (nSPS) is 11.0. The number of aliphatic imine (C=N–C) groups is 2. The number of hydrazine groups is 2. The van der Waals surface area contributed by atoms with Gasteiger partial charge in [0, 0.05) is 25.2 Å². The molecule has 2 N–H and O–H groups in total. The molecule has 2 rings (SSSR count). The Bertz CT molecular complexity index is 967. The number of hydrogen-bond acceptors (Lipinski definition) is 6. The van der Waals surface area contributed by atoms with E-state index in [2.05, 4.69) is 20.8 Å². The minimum Gasteiger partial charge on any atom is -0.284 e. The highest BCUT2D eigenvalue weighted by Gasteiger charge is 2.15. The molecule has 0 aliphatic heterocycles. The van der Waals surface area contributed by atoms with E-state index < -0.39 is 0 Å². The highest BCUT2D eigenvalue weighted by Crippen LogP contribution is 2.05. The summed E-state index contributed by atoms with van der Waals surface area (Å²) in [5, 5.41) is 21.3. The molecule has 0 fully saturated rings. The summed E-state index contributed by atoms with van der Waals surface area (Å²) in [5.41, 5.74) is 7.62. The second kappa shape index (κ2) is 12.0. The minimum atomic E-state index is 0.0462. The van der Waals surface area contributed by atoms with Gasteiger partial charge in [0.2, 0.25) is 12.4 Å². The molecule has 2 aromatic rings. The highest BCUT2D eigenvalue weighted by atomic mass is 32.1. The van der Waals surface area contributed by atoms with Crippen molar-refractivity contribution < 1.29 is 0 Å². The average Bonchev–Trinajstić information content (AvgIpc) is 2.79. The predicted molar refractivity (Wildman–Crippen MR) is 129 cm³/mol. The molecule has 0 amide bonds. The number of nitrogens with zero attached hydrogens (tertiary/aromatic N) is 6. The fraction of sp³-hybridized carbons (Fsp3) is 0.143. The number of nitrogens with one attached hydrogen (secondary N) is 2. The molecule has 0 bridgehead atoms. The van der Waals surface area contributed by atoms with E-state index in [4.69, 9.17) is 35.0 Å². The van der Waals surface area contributed by atoms with Crippen molar-refractivity contribution in [1.29, 1.82) is 10.5 Å². The summed E-state index contributed by atoms with van der Waals surface area (Å²) >= 11 is 10.9. The van der Waals surface area contributed by atoms with Gasteiger partial charge >= 0.3 is 0 Å². The average molecular weight is 449 g/mol. The SMILES string of the molecule is CN(N/C(C/C(=N/C#N)NN(C)C(=S)c1ccccc1)=N\C#N)C(=S)c1ccccc1. The van der Waals surface area contributed by atoms with Crippen molar-refractivity contribution in [3.05, 3.63) is 71.8 Å². The van der Waals surface area contributed by atoms with E-state index >= 15 is 0 Å². The van der Waals surface area contributed by atoms with E-state index in [9.17, 15) is 0 Å². The third-order valence-corrected chi connectivity index (χ3v) is 4.97. The molecule has 156 valence electrons. The number of benzene rings is 2. The Morgan fingerprint density at radius 3 is 1.45 bits per heavy atom. The van der Waals surface area contributed by atoms with Crippen LogP contribution in [0.2, 0.25) is 0 Å². The first-order valence-electron chi connectivity index (χ1n) is 9.07. The molecule has 0 saturated heterocycles. The summed E-state index contributed by atoms with van der Waals surface area (Å²) in [7, 11) is 3.43. The largest absolute Gasteiger partial charge is 0.284 e. The lowest BCUT2D eigenvalue weighted by Crippen LogP contribution is -2.47. The van der Waals surface area contributed by atoms with Crippen molar-refractivity contribution >= 4 is 46.1 Å². The van der Waals surface area contributed by atoms with Gasteiger partial charge in [0.1, 0.15) is 21.6 Å². The Morgan fingerprint density at radius 2 is 1.13 bits per heavy atom. The lowest BCUT2D eigenvalue weighted by atomic mass is 10.2. The topological polar surface area (TPSA) is 103 Å². The maximum atomic E-state index is 9.08. The number of rotatable bonds is 4. The zero-order valence-corrected chi connectivity index (χ0v) is 18.6. The van der Waals surface area contributed by atoms with Crippen LogP contribution in [0, 0.1) is 22.9 Å². The van der Waals surface area contributed by atoms with Gasteiger partial charge in [-0.2, -0.15) is 20.5 Å². The van der Waals surface area contributed by atoms with Crippen LogP contribution in [0.5, 0.6) is 0 Å². The van der Waals surface area contributed by atoms with E-state index in [1.165, 1.54) is 0 Å². The van der Waals surface area contributed by atoms with Gasteiger partial charge in [-0.15, -0.1) is 0 Å². The minimum absolute atomic E-state index is 0.0462. The Hall–Kier alpha value is -3.86. The summed E-state index contributed by atoms with van der Waals surface area (Å²) in [6.07, 6.45) is 3.55. The van der Waals surface area contributed by atoms with Gasteiger partial charge in [0.05, 0.1) is 6.42 Å². The molecule has 0 aliphatic carbocycles. The summed E-state index contributed by atoms with van der Waals surface area (Å²) in [5.74, 6) is 0.507. The fourth-order valence-electron chi connectivity index (χ4n) is 2.52. The number of hydrogen-bond donors (Lipinski definition) is 2. The van der Waals surface area contributed by atoms with Gasteiger partial charge in [0.25, 0.3) is 0 Å². The molecule has 0 radical (unpaired) electrons. The van der Waals surface area contributed by atoms with Crippen molar-refractivity contribution in [2.24, 2.45) is 9.98 Å². The highest BCUT2D eigenvalue weighted by molar-refractivity contribution is 7.80. The number of amidine groups is 2. The van der Waals surface area contributed by atoms with Gasteiger partial charge in [-0.1, -0.05) is 85.1 Å². The molecule has 0 saturated carbocycles. The van der Waals surface area contributed by atoms with Gasteiger partial charge in [0.15, 0.2) is 0 Å². The molecule has 8 nitrogen and oxygen atoms in total. The molecule has 0 aromatic heterocycles. The summed E-state index contributed by atoms with van der Waals surface area (Å²) < 4.78 is 0. The molecule has 0 atom stereocenters. The smallest absolute Gasteiger partial charge is 0.207 e. The maximum absolute atomic E-state index is 9.08. The molecular formula is C21H20N8S2. The summed E-state index contributed by atoms with van der Waals surface area (Å²) in [6.45, 7) is 0. The van der Waals surface area contributed by atoms with Crippen LogP contribution in [0.1, 0.15) is 17.5 Å². The molecule has 0 spiro atoms. The Balaban J connectivity index is 2.10. The molecule has 0 unspecified atom stereocenters. The molecule has 10 heteroatoms. The Morgan fingerprint density at radius 1 is 0.774 bits per heavy atom. The third-order valence-electron chi connectivity index (χ3n) is 3.95. The lowest BCUT2D eigenvalue weighted by molar-refractivity contribution is 0.454. The van der Waals surface area contributed by atoms with Gasteiger partial charge in [-0.05, 0) is 0 Å². The van der Waals surface area contributed by atoms with Crippen molar-refractivity contribution in [2.75, 3.05) is 14.1 Å². The molecule has 0 aliphatic rings. The second-order valence-corrected chi connectivity index (χ2v) is 6.95. The first-order chi connectivity index (χ1) is 15.0. The van der Waals surface area contributed by atoms with Crippen LogP contribution >= 0.6 is 24.4 Å². The van der Waals surface area contributed by atoms with E-state index in [1.807, 2.05) is 60.7 Å². The molecular weight excluding hydrogens is 428 g/mol. The van der Waals surface area contributed by atoms with E-state index in [1.54, 1.807) is 36.5 Å². The van der Waals surface area contributed by atoms with Crippen LogP contribution in [0.3, 0.4) is 0 Å². The van der Waals surface area contributed by atoms with Crippen LogP contribution < -0.4 is 10.9 Å². The van der Waals surface area contributed by atoms with Crippen LogP contribution in [0.4, 0.5) is 0 Å². The Labute approximate surface area is 192 Å². The van der Waals surface area contributed by atoms with E-state index in [0.717, 1.165) is 11.1 Å². The van der Waals surface area contributed by atoms with Crippen LogP contribution in [-0.4, -0.2) is 45.8 Å². The standard InChI is InChI=1S/C21H20N8S2/c1-28(20(30)16-9-5-3-6-10-16)26-18(24-14-22)13-19(25-15-23)27-29(2)21(31)17-11-7-4-8-12-17/h3-12H,13H2,1-2H3,(H,24,26)(H,25,27). The first-order valence-corrected chi connectivity index (χ1v) is 9.88. The van der Waals surface area contributed by atoms with E-state index in [-0.39, 0.29) is 18.1 Å². The number of nitriles is 2. The predicted octanol–water partition coefficient (Wildman–Crippen LogP) is 2.76. The molecule has 31 heavy (non-hydrogen) atoms.